The van der Waals surface area contributed by atoms with Crippen LogP contribution in [0.3, 0.4) is 0 Å². The van der Waals surface area contributed by atoms with Crippen LogP contribution in [0.15, 0.2) is 83.8 Å². The zero-order chi connectivity index (χ0) is 19.6. The van der Waals surface area contributed by atoms with Crippen molar-refractivity contribution in [2.24, 2.45) is 0 Å². The van der Waals surface area contributed by atoms with Gasteiger partial charge >= 0.3 is 0 Å². The van der Waals surface area contributed by atoms with E-state index in [0.717, 1.165) is 22.0 Å². The summed E-state index contributed by atoms with van der Waals surface area (Å²) >= 11 is 0. The van der Waals surface area contributed by atoms with Crippen molar-refractivity contribution in [3.05, 3.63) is 95.7 Å². The maximum atomic E-state index is 13.6. The number of rotatable bonds is 6. The van der Waals surface area contributed by atoms with Crippen molar-refractivity contribution >= 4 is 20.7 Å². The number of para-hydroxylation sites is 1. The largest absolute Gasteiger partial charge is 0.280 e. The first-order chi connectivity index (χ1) is 13.6. The van der Waals surface area contributed by atoms with Crippen LogP contribution in [0.5, 0.6) is 0 Å². The standard InChI is InChI=1S/C23H22N2O2S/c1-17-11-14-19(15-12-17)28(26,27)22(16-13-18-7-3-2-4-8-18)23-20-9-5-6-10-21(20)24-25-23/h2-12,14-15,22H,13,16H2,1H3,(H,24,25). The maximum absolute atomic E-state index is 13.6. The molecule has 0 spiro atoms. The summed E-state index contributed by atoms with van der Waals surface area (Å²) in [6, 6.07) is 24.7. The number of hydrogen-bond donors (Lipinski definition) is 1. The van der Waals surface area contributed by atoms with Gasteiger partial charge in [-0.3, -0.25) is 5.10 Å². The second-order valence-electron chi connectivity index (χ2n) is 7.03. The number of H-pyrrole nitrogens is 1. The predicted octanol–water partition coefficient (Wildman–Crippen LogP) is 5.02. The molecule has 3 aromatic carbocycles. The molecule has 4 rings (SSSR count). The highest BCUT2D eigenvalue weighted by atomic mass is 32.2. The van der Waals surface area contributed by atoms with Gasteiger partial charge in [-0.2, -0.15) is 5.10 Å². The van der Waals surface area contributed by atoms with E-state index in [4.69, 9.17) is 0 Å². The Bertz CT molecular complexity index is 1180. The minimum absolute atomic E-state index is 0.342. The van der Waals surface area contributed by atoms with Gasteiger partial charge in [-0.15, -0.1) is 0 Å². The van der Waals surface area contributed by atoms with Crippen molar-refractivity contribution in [2.75, 3.05) is 0 Å². The number of fused-ring (bicyclic) bond motifs is 1. The smallest absolute Gasteiger partial charge is 0.186 e. The van der Waals surface area contributed by atoms with Crippen LogP contribution in [0.4, 0.5) is 0 Å². The summed E-state index contributed by atoms with van der Waals surface area (Å²) in [6.45, 7) is 1.95. The van der Waals surface area contributed by atoms with E-state index in [0.29, 0.717) is 23.4 Å². The van der Waals surface area contributed by atoms with Gasteiger partial charge < -0.3 is 0 Å². The molecule has 28 heavy (non-hydrogen) atoms. The van der Waals surface area contributed by atoms with Gasteiger partial charge in [0.1, 0.15) is 5.25 Å². The van der Waals surface area contributed by atoms with E-state index < -0.39 is 15.1 Å². The lowest BCUT2D eigenvalue weighted by molar-refractivity contribution is 0.573. The molecule has 1 N–H and O–H groups in total. The lowest BCUT2D eigenvalue weighted by Crippen LogP contribution is -2.16. The Hall–Kier alpha value is -2.92. The number of aromatic amines is 1. The molecular weight excluding hydrogens is 368 g/mol. The summed E-state index contributed by atoms with van der Waals surface area (Å²) in [5.74, 6) is 0. The zero-order valence-corrected chi connectivity index (χ0v) is 16.5. The van der Waals surface area contributed by atoms with Crippen LogP contribution in [-0.4, -0.2) is 18.6 Å². The first kappa shape index (κ1) is 18.4. The Labute approximate surface area is 165 Å². The molecule has 0 aliphatic rings. The predicted molar refractivity (Wildman–Crippen MR) is 112 cm³/mol. The SMILES string of the molecule is Cc1ccc(S(=O)(=O)C(CCc2ccccc2)c2[nH]nc3ccccc23)cc1. The van der Waals surface area contributed by atoms with E-state index in [9.17, 15) is 8.42 Å². The fraction of sp³-hybridized carbons (Fsp3) is 0.174. The zero-order valence-electron chi connectivity index (χ0n) is 15.7. The van der Waals surface area contributed by atoms with Crippen molar-refractivity contribution < 1.29 is 8.42 Å². The molecule has 0 amide bonds. The summed E-state index contributed by atoms with van der Waals surface area (Å²) < 4.78 is 27.1. The topological polar surface area (TPSA) is 62.8 Å². The minimum atomic E-state index is -3.57. The number of sulfone groups is 1. The summed E-state index contributed by atoms with van der Waals surface area (Å²) in [6.07, 6.45) is 1.15. The highest BCUT2D eigenvalue weighted by molar-refractivity contribution is 7.91. The Kier molecular flexibility index (Phi) is 5.01. The first-order valence-electron chi connectivity index (χ1n) is 9.33. The molecule has 5 heteroatoms. The average molecular weight is 391 g/mol. The van der Waals surface area contributed by atoms with Gasteiger partial charge in [-0.05, 0) is 43.5 Å². The number of aryl methyl sites for hydroxylation is 2. The Morgan fingerprint density at radius 1 is 0.893 bits per heavy atom. The quantitative estimate of drug-likeness (QED) is 0.503. The lowest BCUT2D eigenvalue weighted by Gasteiger charge is -2.17. The molecule has 0 radical (unpaired) electrons. The normalized spacial score (nSPS) is 12.9. The van der Waals surface area contributed by atoms with E-state index >= 15 is 0 Å². The summed E-state index contributed by atoms with van der Waals surface area (Å²) in [7, 11) is -3.57. The molecule has 142 valence electrons. The average Bonchev–Trinajstić information content (AvgIpc) is 3.13. The van der Waals surface area contributed by atoms with Crippen LogP contribution in [0.25, 0.3) is 10.9 Å². The number of nitrogens with zero attached hydrogens (tertiary/aromatic N) is 1. The van der Waals surface area contributed by atoms with Crippen LogP contribution in [-0.2, 0) is 16.3 Å². The first-order valence-corrected chi connectivity index (χ1v) is 10.9. The van der Waals surface area contributed by atoms with Gasteiger partial charge in [0.05, 0.1) is 16.1 Å². The second kappa shape index (κ2) is 7.60. The van der Waals surface area contributed by atoms with Crippen LogP contribution < -0.4 is 0 Å². The molecule has 0 bridgehead atoms. The molecule has 1 heterocycles. The van der Waals surface area contributed by atoms with Crippen molar-refractivity contribution in [1.82, 2.24) is 10.2 Å². The van der Waals surface area contributed by atoms with Crippen LogP contribution in [0.2, 0.25) is 0 Å². The van der Waals surface area contributed by atoms with Gasteiger partial charge in [-0.25, -0.2) is 8.42 Å². The lowest BCUT2D eigenvalue weighted by atomic mass is 10.0. The van der Waals surface area contributed by atoms with Crippen molar-refractivity contribution in [2.45, 2.75) is 29.9 Å². The molecule has 4 nitrogen and oxygen atoms in total. The van der Waals surface area contributed by atoms with Crippen molar-refractivity contribution in [1.29, 1.82) is 0 Å². The fourth-order valence-electron chi connectivity index (χ4n) is 3.51. The molecule has 0 aliphatic heterocycles. The molecular formula is C23H22N2O2S. The van der Waals surface area contributed by atoms with E-state index in [-0.39, 0.29) is 0 Å². The maximum Gasteiger partial charge on any atom is 0.186 e. The van der Waals surface area contributed by atoms with Crippen LogP contribution >= 0.6 is 0 Å². The minimum Gasteiger partial charge on any atom is -0.280 e. The molecule has 1 aromatic heterocycles. The van der Waals surface area contributed by atoms with E-state index in [1.165, 1.54) is 0 Å². The molecule has 1 unspecified atom stereocenters. The molecule has 0 saturated carbocycles. The highest BCUT2D eigenvalue weighted by Crippen LogP contribution is 2.35. The van der Waals surface area contributed by atoms with Gasteiger partial charge in [-0.1, -0.05) is 66.2 Å². The van der Waals surface area contributed by atoms with E-state index in [1.54, 1.807) is 12.1 Å². The van der Waals surface area contributed by atoms with Crippen molar-refractivity contribution in [3.8, 4) is 0 Å². The molecule has 0 aliphatic carbocycles. The second-order valence-corrected chi connectivity index (χ2v) is 9.16. The third kappa shape index (κ3) is 3.58. The Balaban J connectivity index is 1.77. The summed E-state index contributed by atoms with van der Waals surface area (Å²) in [5.41, 5.74) is 3.59. The van der Waals surface area contributed by atoms with Gasteiger partial charge in [0.25, 0.3) is 0 Å². The molecule has 1 atom stereocenters. The molecule has 4 aromatic rings. The van der Waals surface area contributed by atoms with Gasteiger partial charge in [0, 0.05) is 5.39 Å². The summed E-state index contributed by atoms with van der Waals surface area (Å²) in [4.78, 5) is 0.342. The highest BCUT2D eigenvalue weighted by Gasteiger charge is 2.31. The molecule has 0 saturated heterocycles. The third-order valence-corrected chi connectivity index (χ3v) is 7.22. The molecule has 0 fully saturated rings. The Morgan fingerprint density at radius 2 is 1.57 bits per heavy atom. The van der Waals surface area contributed by atoms with E-state index in [2.05, 4.69) is 10.2 Å². The van der Waals surface area contributed by atoms with E-state index in [1.807, 2.05) is 73.7 Å². The summed E-state index contributed by atoms with van der Waals surface area (Å²) in [5, 5.41) is 7.50. The monoisotopic (exact) mass is 390 g/mol. The van der Waals surface area contributed by atoms with Gasteiger partial charge in [0.2, 0.25) is 0 Å². The Morgan fingerprint density at radius 3 is 2.32 bits per heavy atom. The number of hydrogen-bond acceptors (Lipinski definition) is 3. The van der Waals surface area contributed by atoms with Crippen LogP contribution in [0, 0.1) is 6.92 Å². The number of aromatic nitrogens is 2. The number of benzene rings is 3. The fourth-order valence-corrected chi connectivity index (χ4v) is 5.28. The van der Waals surface area contributed by atoms with Crippen molar-refractivity contribution in [3.63, 3.8) is 0 Å². The third-order valence-electron chi connectivity index (χ3n) is 5.08. The number of nitrogens with one attached hydrogen (secondary N) is 1. The van der Waals surface area contributed by atoms with Crippen LogP contribution in [0.1, 0.15) is 28.5 Å². The van der Waals surface area contributed by atoms with Gasteiger partial charge in [0.15, 0.2) is 9.84 Å².